The molecule has 6 heteroatoms. The maximum atomic E-state index is 11.8. The zero-order chi connectivity index (χ0) is 12.5. The number of hydrogen-bond acceptors (Lipinski definition) is 5. The van der Waals surface area contributed by atoms with Crippen LogP contribution in [0.5, 0.6) is 0 Å². The molecule has 0 aliphatic heterocycles. The van der Waals surface area contributed by atoms with Gasteiger partial charge < -0.3 is 11.1 Å². The number of nitrogens with one attached hydrogen (secondary N) is 1. The van der Waals surface area contributed by atoms with Crippen molar-refractivity contribution < 1.29 is 4.79 Å². The van der Waals surface area contributed by atoms with Crippen molar-refractivity contribution in [3.8, 4) is 0 Å². The second-order valence-corrected chi connectivity index (χ2v) is 5.26. The van der Waals surface area contributed by atoms with Gasteiger partial charge in [0.25, 0.3) is 5.91 Å². The van der Waals surface area contributed by atoms with Crippen LogP contribution in [-0.2, 0) is 6.42 Å². The Balaban J connectivity index is 1.59. The van der Waals surface area contributed by atoms with Crippen LogP contribution >= 0.6 is 11.3 Å². The predicted octanol–water partition coefficient (Wildman–Crippen LogP) is 1.19. The van der Waals surface area contributed by atoms with E-state index in [0.29, 0.717) is 22.6 Å². The normalized spacial score (nSPS) is 16.8. The molecule has 1 unspecified atom stereocenters. The van der Waals surface area contributed by atoms with Crippen molar-refractivity contribution in [2.24, 2.45) is 0 Å². The number of aromatic nitrogens is 2. The zero-order valence-corrected chi connectivity index (χ0v) is 10.4. The molecule has 3 N–H and O–H groups in total. The number of carbonyl (C=O) groups excluding carboxylic acids is 1. The molecular weight excluding hydrogens is 248 g/mol. The second kappa shape index (κ2) is 4.38. The van der Waals surface area contributed by atoms with Gasteiger partial charge in [-0.1, -0.05) is 35.6 Å². The summed E-state index contributed by atoms with van der Waals surface area (Å²) < 4.78 is 0. The van der Waals surface area contributed by atoms with Crippen LogP contribution < -0.4 is 11.1 Å². The van der Waals surface area contributed by atoms with Crippen molar-refractivity contribution in [3.05, 3.63) is 40.4 Å². The largest absolute Gasteiger partial charge is 0.374 e. The molecule has 0 radical (unpaired) electrons. The van der Waals surface area contributed by atoms with Gasteiger partial charge in [0.05, 0.1) is 0 Å². The topological polar surface area (TPSA) is 80.9 Å². The van der Waals surface area contributed by atoms with Crippen molar-refractivity contribution in [2.75, 3.05) is 12.3 Å². The van der Waals surface area contributed by atoms with E-state index in [4.69, 9.17) is 5.73 Å². The van der Waals surface area contributed by atoms with Crippen molar-refractivity contribution in [2.45, 2.75) is 12.3 Å². The number of anilines is 1. The van der Waals surface area contributed by atoms with Gasteiger partial charge >= 0.3 is 0 Å². The summed E-state index contributed by atoms with van der Waals surface area (Å²) >= 11 is 1.10. The molecule has 0 fully saturated rings. The minimum absolute atomic E-state index is 0.200. The summed E-state index contributed by atoms with van der Waals surface area (Å²) in [6.07, 6.45) is 1.02. The third kappa shape index (κ3) is 1.95. The molecule has 5 nitrogen and oxygen atoms in total. The van der Waals surface area contributed by atoms with Crippen LogP contribution in [0.1, 0.15) is 26.8 Å². The lowest BCUT2D eigenvalue weighted by Crippen LogP contribution is -2.33. The first-order valence-corrected chi connectivity index (χ1v) is 6.50. The summed E-state index contributed by atoms with van der Waals surface area (Å²) in [6, 6.07) is 8.30. The molecule has 1 aliphatic rings. The van der Waals surface area contributed by atoms with Crippen LogP contribution in [0.15, 0.2) is 24.3 Å². The van der Waals surface area contributed by atoms with Gasteiger partial charge in [-0.3, -0.25) is 4.79 Å². The van der Waals surface area contributed by atoms with Crippen LogP contribution in [0.3, 0.4) is 0 Å². The molecule has 0 saturated heterocycles. The maximum absolute atomic E-state index is 11.8. The van der Waals surface area contributed by atoms with Crippen LogP contribution in [-0.4, -0.2) is 22.6 Å². The highest BCUT2D eigenvalue weighted by Gasteiger charge is 2.26. The van der Waals surface area contributed by atoms with Gasteiger partial charge in [-0.15, -0.1) is 10.2 Å². The first-order valence-electron chi connectivity index (χ1n) is 5.69. The van der Waals surface area contributed by atoms with E-state index in [0.717, 1.165) is 17.8 Å². The highest BCUT2D eigenvalue weighted by atomic mass is 32.1. The molecule has 0 spiro atoms. The van der Waals surface area contributed by atoms with Crippen molar-refractivity contribution >= 4 is 22.4 Å². The van der Waals surface area contributed by atoms with E-state index >= 15 is 0 Å². The minimum Gasteiger partial charge on any atom is -0.374 e. The zero-order valence-electron chi connectivity index (χ0n) is 9.59. The van der Waals surface area contributed by atoms with Gasteiger partial charge in [0.2, 0.25) is 10.1 Å². The lowest BCUT2D eigenvalue weighted by atomic mass is 9.77. The van der Waals surface area contributed by atoms with Gasteiger partial charge in [0.15, 0.2) is 0 Å². The molecule has 1 atom stereocenters. The molecule has 92 valence electrons. The van der Waals surface area contributed by atoms with Crippen molar-refractivity contribution in [1.29, 1.82) is 0 Å². The molecule has 1 aliphatic carbocycles. The number of amides is 1. The second-order valence-electron chi connectivity index (χ2n) is 4.26. The van der Waals surface area contributed by atoms with Crippen LogP contribution in [0.25, 0.3) is 0 Å². The summed E-state index contributed by atoms with van der Waals surface area (Å²) in [7, 11) is 0. The molecule has 0 saturated carbocycles. The third-order valence-corrected chi connectivity index (χ3v) is 3.86. The Labute approximate surface area is 108 Å². The Morgan fingerprint density at radius 1 is 1.44 bits per heavy atom. The average Bonchev–Trinajstić information content (AvgIpc) is 2.77. The number of carbonyl (C=O) groups is 1. The maximum Gasteiger partial charge on any atom is 0.282 e. The van der Waals surface area contributed by atoms with Crippen molar-refractivity contribution in [1.82, 2.24) is 15.5 Å². The van der Waals surface area contributed by atoms with Crippen molar-refractivity contribution in [3.63, 3.8) is 0 Å². The molecule has 1 heterocycles. The number of nitrogens with two attached hydrogens (primary N) is 1. The number of nitrogen functional groups attached to an aromatic ring is 1. The predicted molar refractivity (Wildman–Crippen MR) is 69.5 cm³/mol. The number of benzene rings is 1. The fourth-order valence-corrected chi connectivity index (χ4v) is 2.69. The molecular formula is C12H12N4OS. The van der Waals surface area contributed by atoms with E-state index < -0.39 is 0 Å². The molecule has 3 rings (SSSR count). The highest BCUT2D eigenvalue weighted by Crippen LogP contribution is 2.34. The fourth-order valence-electron chi connectivity index (χ4n) is 2.16. The Bertz CT molecular complexity index is 595. The monoisotopic (exact) mass is 260 g/mol. The van der Waals surface area contributed by atoms with Gasteiger partial charge in [-0.25, -0.2) is 0 Å². The number of nitrogens with zero attached hydrogens (tertiary/aromatic N) is 2. The van der Waals surface area contributed by atoms with Crippen LogP contribution in [0, 0.1) is 0 Å². The third-order valence-electron chi connectivity index (χ3n) is 3.11. The highest BCUT2D eigenvalue weighted by molar-refractivity contribution is 7.16. The quantitative estimate of drug-likeness (QED) is 0.868. The first-order chi connectivity index (χ1) is 8.74. The lowest BCUT2D eigenvalue weighted by Gasteiger charge is -2.29. The summed E-state index contributed by atoms with van der Waals surface area (Å²) in [4.78, 5) is 11.8. The van der Waals surface area contributed by atoms with Gasteiger partial charge in [0, 0.05) is 12.5 Å². The Morgan fingerprint density at radius 3 is 3.00 bits per heavy atom. The van der Waals surface area contributed by atoms with E-state index in [9.17, 15) is 4.79 Å². The molecule has 18 heavy (non-hydrogen) atoms. The number of fused-ring (bicyclic) bond motifs is 1. The summed E-state index contributed by atoms with van der Waals surface area (Å²) in [5.41, 5.74) is 8.14. The number of hydrogen-bond donors (Lipinski definition) is 2. The Kier molecular flexibility index (Phi) is 2.71. The number of rotatable bonds is 3. The minimum atomic E-state index is -0.200. The van der Waals surface area contributed by atoms with Crippen LogP contribution in [0.2, 0.25) is 0 Å². The molecule has 2 aromatic rings. The van der Waals surface area contributed by atoms with E-state index in [2.05, 4.69) is 27.6 Å². The SMILES string of the molecule is Nc1nnc(C(=O)NCC2Cc3ccccc32)s1. The standard InChI is InChI=1S/C12H12N4OS/c13-12-16-15-11(18-12)10(17)14-6-8-5-7-3-1-2-4-9(7)8/h1-4,8H,5-6H2,(H2,13,16)(H,14,17). The van der Waals surface area contributed by atoms with Gasteiger partial charge in [-0.2, -0.15) is 0 Å². The summed E-state index contributed by atoms with van der Waals surface area (Å²) in [6.45, 7) is 0.634. The van der Waals surface area contributed by atoms with E-state index in [1.165, 1.54) is 11.1 Å². The summed E-state index contributed by atoms with van der Waals surface area (Å²) in [5, 5.41) is 10.8. The van der Waals surface area contributed by atoms with Gasteiger partial charge in [-0.05, 0) is 17.5 Å². The Hall–Kier alpha value is -1.95. The van der Waals surface area contributed by atoms with E-state index in [1.54, 1.807) is 0 Å². The first kappa shape index (κ1) is 11.2. The molecule has 1 amide bonds. The molecule has 1 aromatic heterocycles. The van der Waals surface area contributed by atoms with Gasteiger partial charge in [0.1, 0.15) is 0 Å². The fraction of sp³-hybridized carbons (Fsp3) is 0.250. The lowest BCUT2D eigenvalue weighted by molar-refractivity contribution is 0.0949. The average molecular weight is 260 g/mol. The smallest absolute Gasteiger partial charge is 0.282 e. The Morgan fingerprint density at radius 2 is 2.28 bits per heavy atom. The van der Waals surface area contributed by atoms with Crippen LogP contribution in [0.4, 0.5) is 5.13 Å². The molecule has 1 aromatic carbocycles. The summed E-state index contributed by atoms with van der Waals surface area (Å²) in [5.74, 6) is 0.212. The van der Waals surface area contributed by atoms with E-state index in [1.807, 2.05) is 12.1 Å². The van der Waals surface area contributed by atoms with E-state index in [-0.39, 0.29) is 5.91 Å². The molecule has 0 bridgehead atoms.